The van der Waals surface area contributed by atoms with Gasteiger partial charge in [0.05, 0.1) is 24.5 Å². The summed E-state index contributed by atoms with van der Waals surface area (Å²) in [7, 11) is -2.08. The van der Waals surface area contributed by atoms with E-state index in [1.807, 2.05) is 6.07 Å². The van der Waals surface area contributed by atoms with Gasteiger partial charge in [0.15, 0.2) is 0 Å². The van der Waals surface area contributed by atoms with Gasteiger partial charge >= 0.3 is 5.97 Å². The van der Waals surface area contributed by atoms with Crippen molar-refractivity contribution in [1.29, 1.82) is 0 Å². The first kappa shape index (κ1) is 23.8. The van der Waals surface area contributed by atoms with Crippen LogP contribution in [0.15, 0.2) is 58.2 Å². The van der Waals surface area contributed by atoms with Crippen molar-refractivity contribution in [2.45, 2.75) is 30.6 Å². The first-order valence-corrected chi connectivity index (χ1v) is 12.4. The molecule has 0 atom stereocenters. The molecule has 0 saturated carbocycles. The van der Waals surface area contributed by atoms with E-state index in [1.54, 1.807) is 30.6 Å². The van der Waals surface area contributed by atoms with Gasteiger partial charge in [-0.05, 0) is 55.7 Å². The molecule has 1 fully saturated rings. The van der Waals surface area contributed by atoms with Gasteiger partial charge in [0.2, 0.25) is 21.7 Å². The first-order valence-electron chi connectivity index (χ1n) is 11.0. The molecule has 3 aromatic rings. The number of pyridine rings is 1. The minimum Gasteiger partial charge on any atom is -0.497 e. The Morgan fingerprint density at radius 2 is 1.94 bits per heavy atom. The molecular weight excluding hydrogens is 460 g/mol. The highest BCUT2D eigenvalue weighted by Gasteiger charge is 2.32. The number of hydrogen-bond acceptors (Lipinski definition) is 9. The van der Waals surface area contributed by atoms with Crippen molar-refractivity contribution < 1.29 is 27.2 Å². The number of carbonyl (C=O) groups is 1. The maximum atomic E-state index is 12.8. The molecule has 180 valence electrons. The third-order valence-corrected chi connectivity index (χ3v) is 7.56. The lowest BCUT2D eigenvalue weighted by Gasteiger charge is -2.30. The largest absolute Gasteiger partial charge is 0.497 e. The summed E-state index contributed by atoms with van der Waals surface area (Å²) in [5.74, 6) is 0.905. The van der Waals surface area contributed by atoms with Crippen molar-refractivity contribution in [3.05, 3.63) is 54.7 Å². The fourth-order valence-corrected chi connectivity index (χ4v) is 5.18. The van der Waals surface area contributed by atoms with Gasteiger partial charge in [-0.25, -0.2) is 8.42 Å². The molecule has 0 amide bonds. The van der Waals surface area contributed by atoms with Crippen LogP contribution in [0, 0.1) is 5.92 Å². The maximum absolute atomic E-state index is 12.8. The maximum Gasteiger partial charge on any atom is 0.309 e. The first-order chi connectivity index (χ1) is 16.5. The van der Waals surface area contributed by atoms with Crippen LogP contribution in [0.25, 0.3) is 11.4 Å². The van der Waals surface area contributed by atoms with Gasteiger partial charge in [0.1, 0.15) is 5.75 Å². The van der Waals surface area contributed by atoms with E-state index in [0.717, 1.165) is 5.56 Å². The summed E-state index contributed by atoms with van der Waals surface area (Å²) < 4.78 is 42.8. The van der Waals surface area contributed by atoms with Crippen molar-refractivity contribution in [3.63, 3.8) is 0 Å². The van der Waals surface area contributed by atoms with Gasteiger partial charge in [0, 0.05) is 37.5 Å². The van der Waals surface area contributed by atoms with Gasteiger partial charge in [-0.1, -0.05) is 5.16 Å². The molecule has 34 heavy (non-hydrogen) atoms. The van der Waals surface area contributed by atoms with Gasteiger partial charge < -0.3 is 14.0 Å². The third kappa shape index (κ3) is 5.60. The number of methoxy groups -OCH3 is 1. The minimum atomic E-state index is -3.61. The summed E-state index contributed by atoms with van der Waals surface area (Å²) in [4.78, 5) is 21.0. The summed E-state index contributed by atoms with van der Waals surface area (Å²) in [5.41, 5.74) is 0.768. The van der Waals surface area contributed by atoms with E-state index in [1.165, 1.54) is 23.5 Å². The Labute approximate surface area is 198 Å². The van der Waals surface area contributed by atoms with Crippen molar-refractivity contribution in [2.75, 3.05) is 26.8 Å². The molecule has 0 aliphatic carbocycles. The molecule has 0 radical (unpaired) electrons. The molecule has 11 heteroatoms. The molecule has 3 heterocycles. The number of esters is 1. The van der Waals surface area contributed by atoms with Crippen LogP contribution in [0.3, 0.4) is 0 Å². The average Bonchev–Trinajstić information content (AvgIpc) is 3.36. The summed E-state index contributed by atoms with van der Waals surface area (Å²) >= 11 is 0. The van der Waals surface area contributed by atoms with Crippen LogP contribution in [0.5, 0.6) is 5.75 Å². The Balaban J connectivity index is 1.20. The molecule has 10 nitrogen and oxygen atoms in total. The van der Waals surface area contributed by atoms with Crippen LogP contribution in [0.4, 0.5) is 0 Å². The van der Waals surface area contributed by atoms with E-state index >= 15 is 0 Å². The lowest BCUT2D eigenvalue weighted by atomic mass is 9.98. The lowest BCUT2D eigenvalue weighted by molar-refractivity contribution is -0.149. The van der Waals surface area contributed by atoms with Crippen LogP contribution in [-0.4, -0.2) is 60.6 Å². The number of benzene rings is 1. The van der Waals surface area contributed by atoms with E-state index < -0.39 is 10.0 Å². The minimum absolute atomic E-state index is 0.210. The van der Waals surface area contributed by atoms with Crippen LogP contribution in [-0.2, 0) is 26.0 Å². The Bertz CT molecular complexity index is 1190. The van der Waals surface area contributed by atoms with Gasteiger partial charge in [-0.3, -0.25) is 9.78 Å². The summed E-state index contributed by atoms with van der Waals surface area (Å²) in [6, 6.07) is 9.92. The lowest BCUT2D eigenvalue weighted by Crippen LogP contribution is -2.40. The highest BCUT2D eigenvalue weighted by Crippen LogP contribution is 2.26. The van der Waals surface area contributed by atoms with Gasteiger partial charge in [-0.2, -0.15) is 9.29 Å². The SMILES string of the molecule is COc1ccc(S(=O)(=O)N2CCC(C(=O)OCCCc3nc(-c4cccnc4)no3)CC2)cc1. The standard InChI is InChI=1S/C23H26N4O6S/c1-31-19-6-8-20(9-7-19)34(29,30)27-13-10-17(11-14-27)23(28)32-15-3-5-21-25-22(26-33-21)18-4-2-12-24-16-18/h2,4,6-9,12,16-17H,3,5,10-11,13-15H2,1H3. The number of aromatic nitrogens is 3. The molecule has 1 aromatic carbocycles. The van der Waals surface area contributed by atoms with Crippen LogP contribution >= 0.6 is 0 Å². The second-order valence-electron chi connectivity index (χ2n) is 7.88. The fraction of sp³-hybridized carbons (Fsp3) is 0.391. The Morgan fingerprint density at radius 3 is 2.62 bits per heavy atom. The molecule has 0 unspecified atom stereocenters. The number of piperidine rings is 1. The molecule has 1 aliphatic heterocycles. The molecule has 1 saturated heterocycles. The Hall–Kier alpha value is -3.31. The smallest absolute Gasteiger partial charge is 0.309 e. The topological polar surface area (TPSA) is 125 Å². The summed E-state index contributed by atoms with van der Waals surface area (Å²) in [6.45, 7) is 0.772. The number of sulfonamides is 1. The molecule has 0 spiro atoms. The quantitative estimate of drug-likeness (QED) is 0.331. The number of nitrogens with zero attached hydrogens (tertiary/aromatic N) is 4. The molecular formula is C23H26N4O6S. The van der Waals surface area contributed by atoms with Crippen LogP contribution < -0.4 is 4.74 Å². The van der Waals surface area contributed by atoms with Crippen LogP contribution in [0.2, 0.25) is 0 Å². The molecule has 2 aromatic heterocycles. The van der Waals surface area contributed by atoms with Crippen LogP contribution in [0.1, 0.15) is 25.2 Å². The Kier molecular flexibility index (Phi) is 7.53. The van der Waals surface area contributed by atoms with Gasteiger partial charge in [0.25, 0.3) is 0 Å². The van der Waals surface area contributed by atoms with Crippen molar-refractivity contribution >= 4 is 16.0 Å². The number of ether oxygens (including phenoxy) is 2. The monoisotopic (exact) mass is 486 g/mol. The highest BCUT2D eigenvalue weighted by molar-refractivity contribution is 7.89. The predicted molar refractivity (Wildman–Crippen MR) is 121 cm³/mol. The molecule has 1 aliphatic rings. The normalized spacial score (nSPS) is 15.2. The third-order valence-electron chi connectivity index (χ3n) is 5.65. The summed E-state index contributed by atoms with van der Waals surface area (Å²) in [5, 5.41) is 3.94. The molecule has 0 N–H and O–H groups in total. The van der Waals surface area contributed by atoms with Crippen molar-refractivity contribution in [1.82, 2.24) is 19.4 Å². The van der Waals surface area contributed by atoms with Crippen molar-refractivity contribution in [2.24, 2.45) is 5.92 Å². The zero-order chi connectivity index (χ0) is 24.0. The Morgan fingerprint density at radius 1 is 1.18 bits per heavy atom. The predicted octanol–water partition coefficient (Wildman–Crippen LogP) is 2.72. The van der Waals surface area contributed by atoms with E-state index in [4.69, 9.17) is 14.0 Å². The van der Waals surface area contributed by atoms with Crippen molar-refractivity contribution in [3.8, 4) is 17.1 Å². The van der Waals surface area contributed by atoms with E-state index in [-0.39, 0.29) is 36.5 Å². The zero-order valence-corrected chi connectivity index (χ0v) is 19.6. The highest BCUT2D eigenvalue weighted by atomic mass is 32.2. The number of rotatable bonds is 9. The number of carbonyl (C=O) groups excluding carboxylic acids is 1. The second-order valence-corrected chi connectivity index (χ2v) is 9.82. The fourth-order valence-electron chi connectivity index (χ4n) is 3.71. The van der Waals surface area contributed by atoms with Gasteiger partial charge in [-0.15, -0.1) is 0 Å². The average molecular weight is 487 g/mol. The molecule has 0 bridgehead atoms. The second kappa shape index (κ2) is 10.7. The van der Waals surface area contributed by atoms with E-state index in [2.05, 4.69) is 15.1 Å². The number of hydrogen-bond donors (Lipinski definition) is 0. The molecule has 4 rings (SSSR count). The van der Waals surface area contributed by atoms with E-state index in [9.17, 15) is 13.2 Å². The number of aryl methyl sites for hydroxylation is 1. The van der Waals surface area contributed by atoms with E-state index in [0.29, 0.717) is 43.1 Å². The zero-order valence-electron chi connectivity index (χ0n) is 18.8. The summed E-state index contributed by atoms with van der Waals surface area (Å²) in [6.07, 6.45) is 5.20.